The number of amides is 1. The van der Waals surface area contributed by atoms with Crippen molar-refractivity contribution in [2.45, 2.75) is 6.42 Å². The van der Waals surface area contributed by atoms with E-state index >= 15 is 0 Å². The van der Waals surface area contributed by atoms with Gasteiger partial charge in [-0.3, -0.25) is 0 Å². The van der Waals surface area contributed by atoms with Crippen molar-refractivity contribution in [3.63, 3.8) is 0 Å². The summed E-state index contributed by atoms with van der Waals surface area (Å²) >= 11 is 5.91. The molecule has 0 unspecified atom stereocenters. The van der Waals surface area contributed by atoms with E-state index in [4.69, 9.17) is 21.4 Å². The Bertz CT molecular complexity index is 502. The van der Waals surface area contributed by atoms with Crippen LogP contribution in [0.4, 0.5) is 4.79 Å². The van der Waals surface area contributed by atoms with Gasteiger partial charge in [0, 0.05) is 13.1 Å². The van der Waals surface area contributed by atoms with Crippen molar-refractivity contribution in [2.75, 3.05) is 20.2 Å². The number of carbonyl (C=O) groups is 1. The van der Waals surface area contributed by atoms with Gasteiger partial charge in [0.2, 0.25) is 5.88 Å². The number of hydrogen-bond acceptors (Lipinski definition) is 3. The van der Waals surface area contributed by atoms with E-state index in [1.165, 1.54) is 12.0 Å². The van der Waals surface area contributed by atoms with E-state index in [0.29, 0.717) is 30.4 Å². The Morgan fingerprint density at radius 2 is 2.33 bits per heavy atom. The van der Waals surface area contributed by atoms with Gasteiger partial charge >= 0.3 is 6.09 Å². The molecule has 96 valence electrons. The molecule has 1 aliphatic rings. The fraction of sp³-hybridized carbons (Fsp3) is 0.333. The second-order valence-corrected chi connectivity index (χ2v) is 4.30. The van der Waals surface area contributed by atoms with Crippen LogP contribution in [-0.4, -0.2) is 41.3 Å². The molecular weight excluding hydrogens is 256 g/mol. The number of hydrogen-bond donors (Lipinski definition) is 1. The molecule has 0 spiro atoms. The third-order valence-electron chi connectivity index (χ3n) is 2.82. The highest BCUT2D eigenvalue weighted by atomic mass is 35.5. The molecule has 1 aliphatic heterocycles. The molecule has 0 bridgehead atoms. The van der Waals surface area contributed by atoms with Crippen molar-refractivity contribution in [2.24, 2.45) is 0 Å². The Hall–Kier alpha value is -1.75. The summed E-state index contributed by atoms with van der Waals surface area (Å²) in [5.74, 6) is 0.385. The summed E-state index contributed by atoms with van der Waals surface area (Å²) in [6, 6.07) is 3.54. The number of nitrogens with zero attached hydrogens (tertiary/aromatic N) is 2. The summed E-state index contributed by atoms with van der Waals surface area (Å²) in [5.41, 5.74) is 1.80. The molecule has 0 radical (unpaired) electrons. The highest BCUT2D eigenvalue weighted by Crippen LogP contribution is 2.27. The summed E-state index contributed by atoms with van der Waals surface area (Å²) < 4.78 is 5.06. The molecule has 5 nitrogen and oxygen atoms in total. The Morgan fingerprint density at radius 1 is 1.56 bits per heavy atom. The van der Waals surface area contributed by atoms with Gasteiger partial charge in [-0.25, -0.2) is 9.78 Å². The van der Waals surface area contributed by atoms with E-state index in [-0.39, 0.29) is 0 Å². The number of ether oxygens (including phenoxy) is 1. The molecule has 1 amide bonds. The number of halogens is 1. The van der Waals surface area contributed by atoms with Crippen molar-refractivity contribution >= 4 is 23.3 Å². The van der Waals surface area contributed by atoms with E-state index in [1.807, 2.05) is 12.1 Å². The van der Waals surface area contributed by atoms with Crippen LogP contribution >= 0.6 is 11.6 Å². The lowest BCUT2D eigenvalue weighted by atomic mass is 10.0. The monoisotopic (exact) mass is 268 g/mol. The topological polar surface area (TPSA) is 62.7 Å². The number of rotatable bonds is 2. The standard InChI is InChI=1S/C12H13ClN2O3/c1-18-11-9(13)2-3-10(14-11)8-4-6-15(7-5-8)12(16)17/h2-4H,5-7H2,1H3,(H,16,17). The first kappa shape index (κ1) is 12.7. The lowest BCUT2D eigenvalue weighted by molar-refractivity contribution is 0.150. The van der Waals surface area contributed by atoms with Crippen molar-refractivity contribution in [1.82, 2.24) is 9.88 Å². The molecule has 6 heteroatoms. The summed E-state index contributed by atoms with van der Waals surface area (Å²) in [5, 5.41) is 9.32. The van der Waals surface area contributed by atoms with Crippen LogP contribution in [0.3, 0.4) is 0 Å². The van der Waals surface area contributed by atoms with Crippen LogP contribution in [0.25, 0.3) is 5.57 Å². The van der Waals surface area contributed by atoms with Gasteiger partial charge in [0.15, 0.2) is 0 Å². The highest BCUT2D eigenvalue weighted by Gasteiger charge is 2.18. The minimum absolute atomic E-state index is 0.385. The van der Waals surface area contributed by atoms with Gasteiger partial charge < -0.3 is 14.7 Å². The van der Waals surface area contributed by atoms with Crippen LogP contribution in [0.5, 0.6) is 5.88 Å². The molecule has 0 aliphatic carbocycles. The van der Waals surface area contributed by atoms with Crippen LogP contribution in [0.1, 0.15) is 12.1 Å². The number of pyridine rings is 1. The summed E-state index contributed by atoms with van der Waals surface area (Å²) in [6.07, 6.45) is 1.61. The Morgan fingerprint density at radius 3 is 2.89 bits per heavy atom. The minimum atomic E-state index is -0.896. The molecule has 2 heterocycles. The van der Waals surface area contributed by atoms with Gasteiger partial charge in [0.25, 0.3) is 0 Å². The second-order valence-electron chi connectivity index (χ2n) is 3.90. The van der Waals surface area contributed by atoms with Crippen LogP contribution in [0.2, 0.25) is 5.02 Å². The van der Waals surface area contributed by atoms with Crippen LogP contribution < -0.4 is 4.74 Å². The predicted molar refractivity (Wildman–Crippen MR) is 68.0 cm³/mol. The second kappa shape index (κ2) is 5.27. The molecule has 0 saturated heterocycles. The maximum atomic E-state index is 10.8. The zero-order valence-corrected chi connectivity index (χ0v) is 10.6. The lowest BCUT2D eigenvalue weighted by Gasteiger charge is -2.23. The number of carboxylic acid groups (broad SMARTS) is 1. The zero-order valence-electron chi connectivity index (χ0n) is 9.89. The lowest BCUT2D eigenvalue weighted by Crippen LogP contribution is -2.33. The third kappa shape index (κ3) is 2.56. The maximum Gasteiger partial charge on any atom is 0.407 e. The van der Waals surface area contributed by atoms with Crippen molar-refractivity contribution < 1.29 is 14.6 Å². The van der Waals surface area contributed by atoms with Crippen molar-refractivity contribution in [3.05, 3.63) is 28.9 Å². The number of aromatic nitrogens is 1. The van der Waals surface area contributed by atoms with Crippen LogP contribution in [0, 0.1) is 0 Å². The molecular formula is C12H13ClN2O3. The highest BCUT2D eigenvalue weighted by molar-refractivity contribution is 6.31. The molecule has 0 atom stereocenters. The predicted octanol–water partition coefficient (Wildman–Crippen LogP) is 2.51. The maximum absolute atomic E-state index is 10.8. The van der Waals surface area contributed by atoms with Crippen LogP contribution in [-0.2, 0) is 0 Å². The van der Waals surface area contributed by atoms with E-state index in [1.54, 1.807) is 6.07 Å². The summed E-state index contributed by atoms with van der Waals surface area (Å²) in [7, 11) is 1.51. The van der Waals surface area contributed by atoms with Gasteiger partial charge in [0.1, 0.15) is 5.02 Å². The first-order chi connectivity index (χ1) is 8.61. The third-order valence-corrected chi connectivity index (χ3v) is 3.10. The van der Waals surface area contributed by atoms with Gasteiger partial charge in [-0.15, -0.1) is 0 Å². The SMILES string of the molecule is COc1nc(C2=CCN(C(=O)O)CC2)ccc1Cl. The molecule has 1 aromatic rings. The molecule has 0 fully saturated rings. The smallest absolute Gasteiger partial charge is 0.407 e. The molecule has 18 heavy (non-hydrogen) atoms. The zero-order chi connectivity index (χ0) is 13.1. The molecule has 2 rings (SSSR count). The van der Waals surface area contributed by atoms with Gasteiger partial charge in [-0.1, -0.05) is 17.7 Å². The normalized spacial score (nSPS) is 15.2. The largest absolute Gasteiger partial charge is 0.480 e. The average molecular weight is 269 g/mol. The number of methoxy groups -OCH3 is 1. The summed E-state index contributed by atoms with van der Waals surface area (Å²) in [4.78, 5) is 16.4. The van der Waals surface area contributed by atoms with Crippen molar-refractivity contribution in [1.29, 1.82) is 0 Å². The first-order valence-corrected chi connectivity index (χ1v) is 5.87. The van der Waals surface area contributed by atoms with Gasteiger partial charge in [-0.2, -0.15) is 0 Å². The Balaban J connectivity index is 2.20. The van der Waals surface area contributed by atoms with E-state index in [0.717, 1.165) is 11.3 Å². The molecule has 1 aromatic heterocycles. The van der Waals surface area contributed by atoms with E-state index < -0.39 is 6.09 Å². The fourth-order valence-corrected chi connectivity index (χ4v) is 2.00. The average Bonchev–Trinajstić information content (AvgIpc) is 2.39. The van der Waals surface area contributed by atoms with Crippen molar-refractivity contribution in [3.8, 4) is 5.88 Å². The van der Waals surface area contributed by atoms with E-state index in [9.17, 15) is 4.79 Å². The molecule has 0 aromatic carbocycles. The van der Waals surface area contributed by atoms with E-state index in [2.05, 4.69) is 4.98 Å². The minimum Gasteiger partial charge on any atom is -0.480 e. The Kier molecular flexibility index (Phi) is 3.72. The molecule has 0 saturated carbocycles. The van der Waals surface area contributed by atoms with Crippen LogP contribution in [0.15, 0.2) is 18.2 Å². The molecule has 1 N–H and O–H groups in total. The fourth-order valence-electron chi connectivity index (χ4n) is 1.82. The Labute approximate surface area is 110 Å². The summed E-state index contributed by atoms with van der Waals surface area (Å²) in [6.45, 7) is 0.866. The first-order valence-electron chi connectivity index (χ1n) is 5.49. The van der Waals surface area contributed by atoms with Gasteiger partial charge in [0.05, 0.1) is 12.8 Å². The van der Waals surface area contributed by atoms with Gasteiger partial charge in [-0.05, 0) is 24.1 Å². The quantitative estimate of drug-likeness (QED) is 0.895.